The molecule has 0 aliphatic carbocycles. The lowest BCUT2D eigenvalue weighted by Crippen LogP contribution is -2.48. The van der Waals surface area contributed by atoms with E-state index in [-0.39, 0.29) is 6.13 Å². The van der Waals surface area contributed by atoms with Crippen molar-refractivity contribution in [3.63, 3.8) is 0 Å². The number of hydrogen-bond acceptors (Lipinski definition) is 2. The number of rotatable bonds is 0. The summed E-state index contributed by atoms with van der Waals surface area (Å²) in [5.74, 6) is 0. The van der Waals surface area contributed by atoms with E-state index in [2.05, 4.69) is 22.9 Å². The molecule has 1 rings (SSSR count). The van der Waals surface area contributed by atoms with Gasteiger partial charge in [-0.1, -0.05) is 0 Å². The summed E-state index contributed by atoms with van der Waals surface area (Å²) in [6, 6.07) is 0. The van der Waals surface area contributed by atoms with Crippen molar-refractivity contribution in [2.45, 2.75) is 6.13 Å². The van der Waals surface area contributed by atoms with Crippen molar-refractivity contribution >= 4 is 30.1 Å². The van der Waals surface area contributed by atoms with Gasteiger partial charge in [-0.25, -0.2) is 3.11 Å². The zero-order valence-corrected chi connectivity index (χ0v) is 5.29. The monoisotopic (exact) mass is 196 g/mol. The predicted octanol–water partition coefficient (Wildman–Crippen LogP) is -0.410. The van der Waals surface area contributed by atoms with Crippen molar-refractivity contribution in [1.29, 1.82) is 0 Å². The molecule has 2 nitrogen and oxygen atoms in total. The van der Waals surface area contributed by atoms with Crippen LogP contribution in [0.15, 0.2) is 0 Å². The van der Waals surface area contributed by atoms with Crippen molar-refractivity contribution < 1.29 is 5.11 Å². The first-order valence-electron chi connectivity index (χ1n) is 1.74. The van der Waals surface area contributed by atoms with E-state index in [9.17, 15) is 0 Å². The molecule has 4 heteroatoms. The lowest BCUT2D eigenvalue weighted by atomic mass is 9.69. The highest BCUT2D eigenvalue weighted by Crippen LogP contribution is 2.10. The smallest absolute Gasteiger partial charge is 0.189 e. The molecule has 1 aliphatic heterocycles. The molecule has 0 aromatic carbocycles. The maximum Gasteiger partial charge on any atom is 0.189 e. The van der Waals surface area contributed by atoms with Crippen LogP contribution in [0.4, 0.5) is 0 Å². The van der Waals surface area contributed by atoms with Crippen LogP contribution in [0.1, 0.15) is 0 Å². The molecule has 6 heavy (non-hydrogen) atoms. The third-order valence-electron chi connectivity index (χ3n) is 0.778. The van der Waals surface area contributed by atoms with Gasteiger partial charge in [0.15, 0.2) is 7.28 Å². The van der Waals surface area contributed by atoms with Gasteiger partial charge in [0.25, 0.3) is 0 Å². The maximum absolute atomic E-state index is 8.58. The zero-order valence-electron chi connectivity index (χ0n) is 3.13. The Labute approximate surface area is 51.3 Å². The van der Waals surface area contributed by atoms with E-state index in [0.29, 0.717) is 0 Å². The van der Waals surface area contributed by atoms with Gasteiger partial charge < -0.3 is 5.11 Å². The van der Waals surface area contributed by atoms with Gasteiger partial charge in [0.1, 0.15) is 0 Å². The van der Waals surface area contributed by atoms with Crippen LogP contribution in [-0.2, 0) is 0 Å². The quantitative estimate of drug-likeness (QED) is 0.323. The average molecular weight is 196 g/mol. The average Bonchev–Trinajstić information content (AvgIpc) is 1.61. The first kappa shape index (κ1) is 4.86. The highest BCUT2D eigenvalue weighted by Gasteiger charge is 2.23. The van der Waals surface area contributed by atoms with Crippen molar-refractivity contribution in [2.75, 3.05) is 6.44 Å². The minimum Gasteiger partial charge on any atom is -0.387 e. The maximum atomic E-state index is 8.58. The third-order valence-corrected chi connectivity index (χ3v) is 1.74. The molecule has 0 spiro atoms. The minimum absolute atomic E-state index is 0.273. The fraction of sp³-hybridized carbons (Fsp3) is 1.00. The van der Waals surface area contributed by atoms with E-state index < -0.39 is 0 Å². The standard InChI is InChI=1S/C2H4BINO/c4-5-1-3-2(5)6/h2,6H,1H2. The summed E-state index contributed by atoms with van der Waals surface area (Å²) in [7, 11) is 1.84. The summed E-state index contributed by atoms with van der Waals surface area (Å²) in [4.78, 5) is 0. The second-order valence-corrected chi connectivity index (χ2v) is 2.47. The summed E-state index contributed by atoms with van der Waals surface area (Å²) < 4.78 is 1.82. The molecule has 0 amide bonds. The van der Waals surface area contributed by atoms with Gasteiger partial charge >= 0.3 is 0 Å². The van der Waals surface area contributed by atoms with Crippen LogP contribution in [0.3, 0.4) is 0 Å². The molecule has 0 saturated carbocycles. The third kappa shape index (κ3) is 0.689. The Morgan fingerprint density at radius 2 is 2.50 bits per heavy atom. The number of halogens is 1. The molecule has 33 valence electrons. The van der Waals surface area contributed by atoms with E-state index in [1.165, 1.54) is 0 Å². The summed E-state index contributed by atoms with van der Waals surface area (Å²) >= 11 is 2.07. The van der Waals surface area contributed by atoms with Crippen molar-refractivity contribution in [1.82, 2.24) is 3.11 Å². The Hall–Kier alpha value is 0.715. The summed E-state index contributed by atoms with van der Waals surface area (Å²) in [6.45, 7) is 0. The Bertz CT molecular complexity index is 53.5. The molecule has 1 unspecified atom stereocenters. The van der Waals surface area contributed by atoms with Crippen molar-refractivity contribution in [3.05, 3.63) is 0 Å². The molecule has 0 aromatic rings. The number of aliphatic hydroxyl groups excluding tert-OH is 1. The molecule has 1 aliphatic rings. The summed E-state index contributed by atoms with van der Waals surface area (Å²) in [5.41, 5.74) is 0. The van der Waals surface area contributed by atoms with Crippen LogP contribution >= 0.6 is 22.9 Å². The van der Waals surface area contributed by atoms with Gasteiger partial charge in [0, 0.05) is 22.9 Å². The molecule has 0 aromatic heterocycles. The Kier molecular flexibility index (Phi) is 1.36. The van der Waals surface area contributed by atoms with Crippen LogP contribution in [-0.4, -0.2) is 28.1 Å². The van der Waals surface area contributed by atoms with Crippen molar-refractivity contribution in [2.24, 2.45) is 0 Å². The second-order valence-electron chi connectivity index (χ2n) is 1.23. The lowest BCUT2D eigenvalue weighted by Gasteiger charge is -2.29. The number of nitrogens with zero attached hydrogens (tertiary/aromatic N) is 1. The first-order valence-corrected chi connectivity index (χ1v) is 2.71. The largest absolute Gasteiger partial charge is 0.387 e. The van der Waals surface area contributed by atoms with E-state index in [1.54, 1.807) is 0 Å². The van der Waals surface area contributed by atoms with E-state index in [4.69, 9.17) is 5.11 Å². The lowest BCUT2D eigenvalue weighted by molar-refractivity contribution is 0.139. The van der Waals surface area contributed by atoms with Crippen LogP contribution < -0.4 is 0 Å². The second kappa shape index (κ2) is 1.67. The van der Waals surface area contributed by atoms with Gasteiger partial charge in [-0.05, 0) is 6.44 Å². The molecule has 0 bridgehead atoms. The summed E-state index contributed by atoms with van der Waals surface area (Å²) in [6.07, 6.45) is 0.646. The topological polar surface area (TPSA) is 23.5 Å². The Morgan fingerprint density at radius 1 is 2.00 bits per heavy atom. The van der Waals surface area contributed by atoms with E-state index in [1.807, 2.05) is 10.4 Å². The van der Waals surface area contributed by atoms with E-state index in [0.717, 1.165) is 6.44 Å². The highest BCUT2D eigenvalue weighted by molar-refractivity contribution is 14.1. The van der Waals surface area contributed by atoms with Crippen LogP contribution in [0.25, 0.3) is 0 Å². The molecule has 1 radical (unpaired) electrons. The zero-order chi connectivity index (χ0) is 4.57. The molecule has 1 heterocycles. The highest BCUT2D eigenvalue weighted by atomic mass is 127. The fourth-order valence-electron chi connectivity index (χ4n) is 0.279. The van der Waals surface area contributed by atoms with Gasteiger partial charge in [0.2, 0.25) is 0 Å². The summed E-state index contributed by atoms with van der Waals surface area (Å²) in [5, 5.41) is 8.58. The fourth-order valence-corrected chi connectivity index (χ4v) is 0.734. The molecular weight excluding hydrogens is 192 g/mol. The van der Waals surface area contributed by atoms with E-state index >= 15 is 0 Å². The molecule has 1 saturated heterocycles. The van der Waals surface area contributed by atoms with Crippen molar-refractivity contribution in [3.8, 4) is 0 Å². The molecular formula is C2H4BINO. The number of hydrogen-bond donors (Lipinski definition) is 1. The Balaban J connectivity index is 2.20. The van der Waals surface area contributed by atoms with Gasteiger partial charge in [-0.15, -0.1) is 0 Å². The van der Waals surface area contributed by atoms with Gasteiger partial charge in [-0.3, -0.25) is 0 Å². The Morgan fingerprint density at radius 3 is 2.50 bits per heavy atom. The molecule has 1 fully saturated rings. The van der Waals surface area contributed by atoms with Gasteiger partial charge in [0.05, 0.1) is 6.13 Å². The SMILES string of the molecule is OC1[B]CN1I. The minimum atomic E-state index is -0.273. The molecule has 1 N–H and O–H groups in total. The van der Waals surface area contributed by atoms with Gasteiger partial charge in [-0.2, -0.15) is 0 Å². The van der Waals surface area contributed by atoms with Crippen LogP contribution in [0, 0.1) is 0 Å². The number of aliphatic hydroxyl groups is 1. The normalized spacial score (nSPS) is 34.7. The predicted molar refractivity (Wildman–Crippen MR) is 32.5 cm³/mol. The first-order chi connectivity index (χ1) is 2.80. The van der Waals surface area contributed by atoms with Crippen LogP contribution in [0.2, 0.25) is 0 Å². The van der Waals surface area contributed by atoms with Crippen LogP contribution in [0.5, 0.6) is 0 Å². The molecule has 1 atom stereocenters.